The second kappa shape index (κ2) is 7.18. The van der Waals surface area contributed by atoms with E-state index in [0.29, 0.717) is 0 Å². The maximum Gasteiger partial charge on any atom is 0.158 e. The summed E-state index contributed by atoms with van der Waals surface area (Å²) in [5, 5.41) is 2.54. The summed E-state index contributed by atoms with van der Waals surface area (Å²) >= 11 is 0. The molecule has 0 saturated carbocycles. The lowest BCUT2D eigenvalue weighted by atomic mass is 9.66. The van der Waals surface area contributed by atoms with Gasteiger partial charge in [0.1, 0.15) is 0 Å². The van der Waals surface area contributed by atoms with Crippen molar-refractivity contribution in [3.05, 3.63) is 124 Å². The highest BCUT2D eigenvalue weighted by Gasteiger charge is 2.74. The molecule has 2 unspecified atom stereocenters. The van der Waals surface area contributed by atoms with Gasteiger partial charge in [0, 0.05) is 0 Å². The Morgan fingerprint density at radius 1 is 0.571 bits per heavy atom. The molecule has 1 nitrogen and oxygen atoms in total. The van der Waals surface area contributed by atoms with E-state index < -0.39 is 11.2 Å². The number of fused-ring (bicyclic) bond motifs is 5. The smallest absolute Gasteiger partial charge is 0.158 e. The van der Waals surface area contributed by atoms with Crippen LogP contribution in [0.4, 0.5) is 0 Å². The molecule has 0 aromatic heterocycles. The molecule has 176 valence electrons. The summed E-state index contributed by atoms with van der Waals surface area (Å²) in [4.78, 5) is 0. The van der Waals surface area contributed by atoms with E-state index >= 15 is 0 Å². The van der Waals surface area contributed by atoms with Gasteiger partial charge in [-0.1, -0.05) is 133 Å². The summed E-state index contributed by atoms with van der Waals surface area (Å²) in [5.74, 6) is 0. The van der Waals surface area contributed by atoms with E-state index in [1.165, 1.54) is 44.2 Å². The molecule has 2 aliphatic rings. The Kier molecular flexibility index (Phi) is 4.58. The maximum absolute atomic E-state index is 7.19. The molecule has 1 saturated heterocycles. The van der Waals surface area contributed by atoms with Gasteiger partial charge in [-0.05, 0) is 61.1 Å². The lowest BCUT2D eigenvalue weighted by Gasteiger charge is -2.33. The SMILES string of the molecule is CC(C)(C)c1ccccc1C12C=Cc3c(ccc4ccccc34)C1(c1ccccc1C(C)(C)C)O2. The molecule has 4 aromatic carbocycles. The van der Waals surface area contributed by atoms with Crippen molar-refractivity contribution < 1.29 is 4.74 Å². The van der Waals surface area contributed by atoms with Crippen LogP contribution in [-0.4, -0.2) is 0 Å². The van der Waals surface area contributed by atoms with Crippen molar-refractivity contribution in [2.24, 2.45) is 0 Å². The zero-order valence-electron chi connectivity index (χ0n) is 21.6. The van der Waals surface area contributed by atoms with Crippen LogP contribution in [0.1, 0.15) is 74.9 Å². The zero-order chi connectivity index (χ0) is 24.6. The monoisotopic (exact) mass is 458 g/mol. The number of rotatable bonds is 2. The van der Waals surface area contributed by atoms with Gasteiger partial charge in [0.05, 0.1) is 0 Å². The van der Waals surface area contributed by atoms with Gasteiger partial charge in [0.25, 0.3) is 0 Å². The van der Waals surface area contributed by atoms with Crippen LogP contribution >= 0.6 is 0 Å². The molecule has 1 heteroatoms. The topological polar surface area (TPSA) is 12.5 Å². The Labute approximate surface area is 209 Å². The molecule has 4 aromatic rings. The lowest BCUT2D eigenvalue weighted by molar-refractivity contribution is 0.302. The number of ether oxygens (including phenoxy) is 1. The van der Waals surface area contributed by atoms with Crippen molar-refractivity contribution in [1.29, 1.82) is 0 Å². The predicted molar refractivity (Wildman–Crippen MR) is 147 cm³/mol. The van der Waals surface area contributed by atoms with Crippen LogP contribution in [0.2, 0.25) is 0 Å². The fourth-order valence-electron chi connectivity index (χ4n) is 6.24. The molecule has 0 radical (unpaired) electrons. The number of hydrogen-bond donors (Lipinski definition) is 0. The molecule has 1 aliphatic heterocycles. The first kappa shape index (κ1) is 22.3. The molecule has 2 atom stereocenters. The van der Waals surface area contributed by atoms with Crippen LogP contribution in [0.25, 0.3) is 16.8 Å². The number of epoxide rings is 1. The third-order valence-corrected chi connectivity index (χ3v) is 7.88. The number of hydrogen-bond acceptors (Lipinski definition) is 1. The van der Waals surface area contributed by atoms with Gasteiger partial charge in [-0.2, -0.15) is 0 Å². The molecule has 1 fully saturated rings. The standard InChI is InChI=1S/C34H34O/c1-31(2,3)27-15-9-11-17-29(27)33-22-21-25-24-14-8-7-13-23(24)19-20-26(25)34(33,35-33)30-18-12-10-16-28(30)32(4,5)6/h7-22H,1-6H3. The molecule has 0 amide bonds. The Bertz CT molecular complexity index is 1490. The quantitative estimate of drug-likeness (QED) is 0.274. The van der Waals surface area contributed by atoms with Crippen molar-refractivity contribution >= 4 is 16.8 Å². The Balaban J connectivity index is 1.72. The molecule has 0 spiro atoms. The van der Waals surface area contributed by atoms with Crippen LogP contribution in [-0.2, 0) is 26.8 Å². The molecular formula is C34H34O. The van der Waals surface area contributed by atoms with Gasteiger partial charge in [0.15, 0.2) is 11.2 Å². The fraction of sp³-hybridized carbons (Fsp3) is 0.294. The average Bonchev–Trinajstić information content (AvgIpc) is 3.55. The summed E-state index contributed by atoms with van der Waals surface area (Å²) in [7, 11) is 0. The van der Waals surface area contributed by atoms with E-state index in [9.17, 15) is 0 Å². The van der Waals surface area contributed by atoms with E-state index in [4.69, 9.17) is 4.74 Å². The molecule has 35 heavy (non-hydrogen) atoms. The van der Waals surface area contributed by atoms with Gasteiger partial charge in [-0.25, -0.2) is 0 Å². The lowest BCUT2D eigenvalue weighted by Crippen LogP contribution is -2.31. The van der Waals surface area contributed by atoms with Crippen LogP contribution in [0, 0.1) is 0 Å². The Morgan fingerprint density at radius 3 is 1.83 bits per heavy atom. The molecule has 6 rings (SSSR count). The van der Waals surface area contributed by atoms with Gasteiger partial charge in [-0.3, -0.25) is 0 Å². The fourth-order valence-corrected chi connectivity index (χ4v) is 6.24. The van der Waals surface area contributed by atoms with Crippen LogP contribution in [0.15, 0.2) is 91.0 Å². The third kappa shape index (κ3) is 3.04. The largest absolute Gasteiger partial charge is 0.343 e. The van der Waals surface area contributed by atoms with Crippen LogP contribution < -0.4 is 0 Å². The zero-order valence-corrected chi connectivity index (χ0v) is 21.6. The summed E-state index contributed by atoms with van der Waals surface area (Å²) in [6.45, 7) is 13.8. The first-order valence-electron chi connectivity index (χ1n) is 12.7. The maximum atomic E-state index is 7.19. The first-order valence-corrected chi connectivity index (χ1v) is 12.7. The Morgan fingerprint density at radius 2 is 1.14 bits per heavy atom. The van der Waals surface area contributed by atoms with Gasteiger partial charge in [-0.15, -0.1) is 0 Å². The second-order valence-corrected chi connectivity index (χ2v) is 12.2. The van der Waals surface area contributed by atoms with Crippen molar-refractivity contribution in [3.8, 4) is 0 Å². The summed E-state index contributed by atoms with van der Waals surface area (Å²) < 4.78 is 7.19. The van der Waals surface area contributed by atoms with E-state index in [0.717, 1.165) is 0 Å². The van der Waals surface area contributed by atoms with E-state index in [1.807, 2.05) is 0 Å². The average molecular weight is 459 g/mol. The highest BCUT2D eigenvalue weighted by molar-refractivity contribution is 5.94. The normalized spacial score (nSPS) is 23.1. The second-order valence-electron chi connectivity index (χ2n) is 12.2. The molecular weight excluding hydrogens is 424 g/mol. The molecule has 0 bridgehead atoms. The molecule has 1 heterocycles. The Hall–Kier alpha value is -3.16. The molecule has 1 aliphatic carbocycles. The van der Waals surface area contributed by atoms with Crippen LogP contribution in [0.3, 0.4) is 0 Å². The minimum absolute atomic E-state index is 0.00405. The van der Waals surface area contributed by atoms with E-state index in [-0.39, 0.29) is 10.8 Å². The minimum atomic E-state index is -0.563. The van der Waals surface area contributed by atoms with Crippen molar-refractivity contribution in [2.75, 3.05) is 0 Å². The predicted octanol–water partition coefficient (Wildman–Crippen LogP) is 8.63. The highest BCUT2D eigenvalue weighted by Crippen LogP contribution is 2.71. The third-order valence-electron chi connectivity index (χ3n) is 7.88. The summed E-state index contributed by atoms with van der Waals surface area (Å²) in [6.07, 6.45) is 4.65. The minimum Gasteiger partial charge on any atom is -0.343 e. The van der Waals surface area contributed by atoms with Crippen molar-refractivity contribution in [1.82, 2.24) is 0 Å². The van der Waals surface area contributed by atoms with Gasteiger partial charge in [0.2, 0.25) is 0 Å². The first-order chi connectivity index (χ1) is 16.6. The number of benzene rings is 4. The van der Waals surface area contributed by atoms with Gasteiger partial charge < -0.3 is 4.74 Å². The van der Waals surface area contributed by atoms with E-state index in [1.54, 1.807) is 0 Å². The van der Waals surface area contributed by atoms with Crippen molar-refractivity contribution in [3.63, 3.8) is 0 Å². The van der Waals surface area contributed by atoms with Crippen molar-refractivity contribution in [2.45, 2.75) is 63.6 Å². The highest BCUT2D eigenvalue weighted by atomic mass is 16.6. The summed E-state index contributed by atoms with van der Waals surface area (Å²) in [5.41, 5.74) is 6.65. The van der Waals surface area contributed by atoms with E-state index in [2.05, 4.69) is 139 Å². The van der Waals surface area contributed by atoms with Crippen LogP contribution in [0.5, 0.6) is 0 Å². The summed E-state index contributed by atoms with van der Waals surface area (Å²) in [6, 6.07) is 31.0. The molecule has 0 N–H and O–H groups in total. The van der Waals surface area contributed by atoms with Gasteiger partial charge >= 0.3 is 0 Å².